The predicted molar refractivity (Wildman–Crippen MR) is 73.6 cm³/mol. The molecule has 0 radical (unpaired) electrons. The standard InChI is InChI=1S/C15H22FNO5/c1-20-12(18)11(17-13(19)14(16)6-7-14)10-2-4-15(5-3-10)21-8-9-22-15/h10-11H,2-9H2,1H3,(H,17,19). The summed E-state index contributed by atoms with van der Waals surface area (Å²) in [6.45, 7) is 1.18. The van der Waals surface area contributed by atoms with Crippen LogP contribution in [0, 0.1) is 5.92 Å². The molecule has 7 heteroatoms. The van der Waals surface area contributed by atoms with E-state index < -0.39 is 29.4 Å². The fourth-order valence-electron chi connectivity index (χ4n) is 3.30. The first-order valence-corrected chi connectivity index (χ1v) is 7.84. The lowest BCUT2D eigenvalue weighted by Crippen LogP contribution is -2.51. The monoisotopic (exact) mass is 315 g/mol. The van der Waals surface area contributed by atoms with Crippen LogP contribution >= 0.6 is 0 Å². The van der Waals surface area contributed by atoms with Crippen molar-refractivity contribution in [2.24, 2.45) is 5.92 Å². The zero-order chi connectivity index (χ0) is 15.8. The molecule has 1 unspecified atom stereocenters. The molecule has 1 N–H and O–H groups in total. The normalized spacial score (nSPS) is 27.4. The predicted octanol–water partition coefficient (Wildman–Crippen LogP) is 1.08. The first-order valence-electron chi connectivity index (χ1n) is 7.84. The van der Waals surface area contributed by atoms with Crippen molar-refractivity contribution in [2.75, 3.05) is 20.3 Å². The highest BCUT2D eigenvalue weighted by atomic mass is 19.1. The van der Waals surface area contributed by atoms with Gasteiger partial charge in [0.1, 0.15) is 6.04 Å². The van der Waals surface area contributed by atoms with E-state index in [4.69, 9.17) is 14.2 Å². The number of alkyl halides is 1. The Morgan fingerprint density at radius 1 is 1.18 bits per heavy atom. The van der Waals surface area contributed by atoms with Gasteiger partial charge in [-0.25, -0.2) is 9.18 Å². The number of hydrogen-bond acceptors (Lipinski definition) is 5. The summed E-state index contributed by atoms with van der Waals surface area (Å²) in [5, 5.41) is 2.55. The fourth-order valence-corrected chi connectivity index (χ4v) is 3.30. The van der Waals surface area contributed by atoms with Gasteiger partial charge in [-0.1, -0.05) is 0 Å². The number of esters is 1. The molecule has 1 atom stereocenters. The van der Waals surface area contributed by atoms with Crippen LogP contribution in [0.3, 0.4) is 0 Å². The second-order valence-corrected chi connectivity index (χ2v) is 6.38. The number of methoxy groups -OCH3 is 1. The molecule has 2 aliphatic carbocycles. The van der Waals surface area contributed by atoms with E-state index in [-0.39, 0.29) is 18.8 Å². The van der Waals surface area contributed by atoms with Crippen LogP contribution in [0.2, 0.25) is 0 Å². The molecule has 0 aromatic carbocycles. The Bertz CT molecular complexity index is 449. The molecule has 3 fully saturated rings. The van der Waals surface area contributed by atoms with Gasteiger partial charge in [0.15, 0.2) is 11.5 Å². The van der Waals surface area contributed by atoms with Gasteiger partial charge in [0.2, 0.25) is 0 Å². The third-order valence-corrected chi connectivity index (χ3v) is 4.91. The molecule has 1 aliphatic heterocycles. The Labute approximate surface area is 128 Å². The van der Waals surface area contributed by atoms with Crippen LogP contribution in [0.1, 0.15) is 38.5 Å². The van der Waals surface area contributed by atoms with Crippen LogP contribution in [0.4, 0.5) is 4.39 Å². The highest BCUT2D eigenvalue weighted by Gasteiger charge is 2.52. The minimum absolute atomic E-state index is 0.0859. The second kappa shape index (κ2) is 5.77. The molecular weight excluding hydrogens is 293 g/mol. The van der Waals surface area contributed by atoms with Crippen molar-refractivity contribution in [3.8, 4) is 0 Å². The van der Waals surface area contributed by atoms with E-state index in [0.717, 1.165) is 0 Å². The van der Waals surface area contributed by atoms with Crippen molar-refractivity contribution in [3.63, 3.8) is 0 Å². The number of carbonyl (C=O) groups is 2. The Morgan fingerprint density at radius 3 is 2.27 bits per heavy atom. The molecule has 0 aromatic heterocycles. The topological polar surface area (TPSA) is 73.9 Å². The molecule has 3 rings (SSSR count). The number of amides is 1. The quantitative estimate of drug-likeness (QED) is 0.786. The Hall–Kier alpha value is -1.21. The van der Waals surface area contributed by atoms with Crippen LogP contribution in [0.15, 0.2) is 0 Å². The lowest BCUT2D eigenvalue weighted by atomic mass is 9.80. The van der Waals surface area contributed by atoms with E-state index in [0.29, 0.717) is 38.9 Å². The lowest BCUT2D eigenvalue weighted by Gasteiger charge is -2.37. The van der Waals surface area contributed by atoms with Crippen molar-refractivity contribution >= 4 is 11.9 Å². The summed E-state index contributed by atoms with van der Waals surface area (Å²) in [7, 11) is 1.28. The van der Waals surface area contributed by atoms with Crippen LogP contribution in [-0.2, 0) is 23.8 Å². The largest absolute Gasteiger partial charge is 0.467 e. The number of nitrogens with one attached hydrogen (secondary N) is 1. The van der Waals surface area contributed by atoms with Crippen molar-refractivity contribution in [2.45, 2.75) is 56.0 Å². The first-order chi connectivity index (χ1) is 10.5. The van der Waals surface area contributed by atoms with Gasteiger partial charge in [-0.15, -0.1) is 0 Å². The molecule has 6 nitrogen and oxygen atoms in total. The molecule has 1 heterocycles. The Morgan fingerprint density at radius 2 is 1.77 bits per heavy atom. The second-order valence-electron chi connectivity index (χ2n) is 6.38. The zero-order valence-corrected chi connectivity index (χ0v) is 12.7. The maximum absolute atomic E-state index is 13.8. The van der Waals surface area contributed by atoms with Gasteiger partial charge in [0, 0.05) is 12.8 Å². The molecule has 1 amide bonds. The Kier molecular flexibility index (Phi) is 4.11. The SMILES string of the molecule is COC(=O)C(NC(=O)C1(F)CC1)C1CCC2(CC1)OCCO2. The third kappa shape index (κ3) is 2.96. The van der Waals surface area contributed by atoms with E-state index >= 15 is 0 Å². The van der Waals surface area contributed by atoms with Crippen LogP contribution in [0.5, 0.6) is 0 Å². The fraction of sp³-hybridized carbons (Fsp3) is 0.867. The molecule has 1 saturated heterocycles. The maximum atomic E-state index is 13.8. The highest BCUT2D eigenvalue weighted by Crippen LogP contribution is 2.42. The summed E-state index contributed by atoms with van der Waals surface area (Å²) in [6, 6.07) is -0.801. The minimum atomic E-state index is -1.79. The smallest absolute Gasteiger partial charge is 0.328 e. The lowest BCUT2D eigenvalue weighted by molar-refractivity contribution is -0.185. The van der Waals surface area contributed by atoms with Gasteiger partial charge in [-0.05, 0) is 31.6 Å². The molecular formula is C15H22FNO5. The van der Waals surface area contributed by atoms with Gasteiger partial charge in [0.25, 0.3) is 5.91 Å². The molecule has 0 aromatic rings. The van der Waals surface area contributed by atoms with Crippen LogP contribution < -0.4 is 5.32 Å². The van der Waals surface area contributed by atoms with Crippen molar-refractivity contribution in [3.05, 3.63) is 0 Å². The first kappa shape index (κ1) is 15.7. The molecule has 2 saturated carbocycles. The summed E-state index contributed by atoms with van der Waals surface area (Å²) in [5.74, 6) is -1.83. The summed E-state index contributed by atoms with van der Waals surface area (Å²) >= 11 is 0. The maximum Gasteiger partial charge on any atom is 0.328 e. The number of rotatable bonds is 4. The van der Waals surface area contributed by atoms with E-state index in [2.05, 4.69) is 5.32 Å². The molecule has 124 valence electrons. The molecule has 1 spiro atoms. The average molecular weight is 315 g/mol. The van der Waals surface area contributed by atoms with Crippen LogP contribution in [0.25, 0.3) is 0 Å². The average Bonchev–Trinajstić information content (AvgIpc) is 3.13. The van der Waals surface area contributed by atoms with Crippen LogP contribution in [-0.4, -0.2) is 49.7 Å². The van der Waals surface area contributed by atoms with Gasteiger partial charge >= 0.3 is 5.97 Å². The summed E-state index contributed by atoms with van der Waals surface area (Å²) in [4.78, 5) is 23.9. The van der Waals surface area contributed by atoms with E-state index in [1.54, 1.807) is 0 Å². The van der Waals surface area contributed by atoms with Gasteiger partial charge < -0.3 is 19.5 Å². The summed E-state index contributed by atoms with van der Waals surface area (Å²) in [6.07, 6.45) is 3.12. The number of ether oxygens (including phenoxy) is 3. The van der Waals surface area contributed by atoms with E-state index in [1.807, 2.05) is 0 Å². The molecule has 0 bridgehead atoms. The van der Waals surface area contributed by atoms with E-state index in [9.17, 15) is 14.0 Å². The number of halogens is 1. The van der Waals surface area contributed by atoms with Gasteiger partial charge in [-0.2, -0.15) is 0 Å². The summed E-state index contributed by atoms with van der Waals surface area (Å²) in [5.41, 5.74) is -1.79. The minimum Gasteiger partial charge on any atom is -0.467 e. The van der Waals surface area contributed by atoms with E-state index in [1.165, 1.54) is 7.11 Å². The van der Waals surface area contributed by atoms with Gasteiger partial charge in [-0.3, -0.25) is 4.79 Å². The van der Waals surface area contributed by atoms with Gasteiger partial charge in [0.05, 0.1) is 20.3 Å². The number of hydrogen-bond donors (Lipinski definition) is 1. The summed E-state index contributed by atoms with van der Waals surface area (Å²) < 4.78 is 29.9. The number of carbonyl (C=O) groups excluding carboxylic acids is 2. The Balaban J connectivity index is 1.62. The highest BCUT2D eigenvalue weighted by molar-refractivity contribution is 5.91. The molecule has 3 aliphatic rings. The molecule has 22 heavy (non-hydrogen) atoms. The van der Waals surface area contributed by atoms with Crippen molar-refractivity contribution in [1.29, 1.82) is 0 Å². The third-order valence-electron chi connectivity index (χ3n) is 4.91. The van der Waals surface area contributed by atoms with Crippen molar-refractivity contribution < 1.29 is 28.2 Å². The van der Waals surface area contributed by atoms with Crippen molar-refractivity contribution in [1.82, 2.24) is 5.32 Å². The zero-order valence-electron chi connectivity index (χ0n) is 12.7.